The van der Waals surface area contributed by atoms with E-state index in [0.29, 0.717) is 10.0 Å². The van der Waals surface area contributed by atoms with E-state index in [1.54, 1.807) is 24.3 Å². The molecule has 0 saturated carbocycles. The fourth-order valence-corrected chi connectivity index (χ4v) is 2.08. The van der Waals surface area contributed by atoms with Crippen molar-refractivity contribution in [3.63, 3.8) is 0 Å². The Balaban J connectivity index is 2.13. The maximum Gasteiger partial charge on any atom is 0.251 e. The van der Waals surface area contributed by atoms with E-state index >= 15 is 0 Å². The van der Waals surface area contributed by atoms with Crippen LogP contribution < -0.4 is 5.32 Å². The summed E-state index contributed by atoms with van der Waals surface area (Å²) in [5.41, 5.74) is 1.10. The lowest BCUT2D eigenvalue weighted by molar-refractivity contribution is 0.0939. The van der Waals surface area contributed by atoms with Crippen molar-refractivity contribution in [1.29, 1.82) is 0 Å². The zero-order chi connectivity index (χ0) is 14.7. The molecule has 0 aliphatic rings. The van der Waals surface area contributed by atoms with Crippen LogP contribution in [0.1, 0.15) is 28.9 Å². The van der Waals surface area contributed by atoms with Gasteiger partial charge in [0.1, 0.15) is 5.82 Å². The summed E-state index contributed by atoms with van der Waals surface area (Å²) in [5.74, 6) is -0.789. The van der Waals surface area contributed by atoms with Crippen molar-refractivity contribution in [2.75, 3.05) is 0 Å². The molecule has 5 heteroatoms. The number of nitrogens with one attached hydrogen (secondary N) is 1. The summed E-state index contributed by atoms with van der Waals surface area (Å²) < 4.78 is 13.1. The van der Waals surface area contributed by atoms with E-state index in [0.717, 1.165) is 5.56 Å². The van der Waals surface area contributed by atoms with Crippen LogP contribution in [0.2, 0.25) is 10.0 Å². The third kappa shape index (κ3) is 3.50. The van der Waals surface area contributed by atoms with Crippen LogP contribution in [0, 0.1) is 5.82 Å². The molecule has 104 valence electrons. The summed E-state index contributed by atoms with van der Waals surface area (Å²) >= 11 is 11.8. The molecule has 2 rings (SSSR count). The molecule has 0 spiro atoms. The number of hydrogen-bond acceptors (Lipinski definition) is 1. The van der Waals surface area contributed by atoms with Gasteiger partial charge in [0.25, 0.3) is 5.91 Å². The van der Waals surface area contributed by atoms with Crippen LogP contribution in [0.3, 0.4) is 0 Å². The molecule has 2 aromatic rings. The third-order valence-electron chi connectivity index (χ3n) is 2.88. The summed E-state index contributed by atoms with van der Waals surface area (Å²) in [4.78, 5) is 12.0. The second kappa shape index (κ2) is 6.25. The van der Waals surface area contributed by atoms with Crippen molar-refractivity contribution in [3.8, 4) is 0 Å². The Bertz CT molecular complexity index is 646. The van der Waals surface area contributed by atoms with E-state index in [1.807, 2.05) is 6.92 Å². The van der Waals surface area contributed by atoms with Gasteiger partial charge < -0.3 is 5.32 Å². The zero-order valence-electron chi connectivity index (χ0n) is 10.7. The van der Waals surface area contributed by atoms with Crippen LogP contribution in [0.4, 0.5) is 4.39 Å². The highest BCUT2D eigenvalue weighted by molar-refractivity contribution is 6.42. The molecule has 0 fully saturated rings. The lowest BCUT2D eigenvalue weighted by Crippen LogP contribution is -2.26. The molecule has 20 heavy (non-hydrogen) atoms. The van der Waals surface area contributed by atoms with E-state index in [2.05, 4.69) is 5.32 Å². The first-order valence-corrected chi connectivity index (χ1v) is 6.74. The molecule has 0 aliphatic heterocycles. The van der Waals surface area contributed by atoms with Gasteiger partial charge in [-0.1, -0.05) is 35.3 Å². The Morgan fingerprint density at radius 1 is 1.15 bits per heavy atom. The lowest BCUT2D eigenvalue weighted by Gasteiger charge is -2.15. The van der Waals surface area contributed by atoms with Crippen molar-refractivity contribution >= 4 is 29.1 Å². The maximum atomic E-state index is 13.1. The molecule has 1 amide bonds. The Kier molecular flexibility index (Phi) is 4.63. The Morgan fingerprint density at radius 3 is 2.55 bits per heavy atom. The second-order valence-corrected chi connectivity index (χ2v) is 5.19. The Morgan fingerprint density at radius 2 is 1.90 bits per heavy atom. The molecule has 0 heterocycles. The first-order valence-electron chi connectivity index (χ1n) is 5.99. The first-order chi connectivity index (χ1) is 9.47. The average Bonchev–Trinajstić information content (AvgIpc) is 2.41. The number of rotatable bonds is 3. The molecule has 2 aromatic carbocycles. The summed E-state index contributed by atoms with van der Waals surface area (Å²) in [6.45, 7) is 1.82. The van der Waals surface area contributed by atoms with Crippen molar-refractivity contribution in [1.82, 2.24) is 5.32 Å². The van der Waals surface area contributed by atoms with Gasteiger partial charge in [-0.05, 0) is 42.8 Å². The molecule has 0 bridgehead atoms. The maximum absolute atomic E-state index is 13.1. The van der Waals surface area contributed by atoms with Crippen molar-refractivity contribution in [2.24, 2.45) is 0 Å². The molecule has 1 unspecified atom stereocenters. The predicted octanol–water partition coefficient (Wildman–Crippen LogP) is 4.62. The summed E-state index contributed by atoms with van der Waals surface area (Å²) in [7, 11) is 0. The van der Waals surface area contributed by atoms with Gasteiger partial charge in [-0.3, -0.25) is 4.79 Å². The lowest BCUT2D eigenvalue weighted by atomic mass is 10.1. The first kappa shape index (κ1) is 14.8. The second-order valence-electron chi connectivity index (χ2n) is 4.38. The van der Waals surface area contributed by atoms with Crippen molar-refractivity contribution < 1.29 is 9.18 Å². The number of halogens is 3. The predicted molar refractivity (Wildman–Crippen MR) is 78.7 cm³/mol. The number of benzene rings is 2. The van der Waals surface area contributed by atoms with Crippen LogP contribution in [-0.4, -0.2) is 5.91 Å². The van der Waals surface area contributed by atoms with E-state index in [4.69, 9.17) is 23.2 Å². The minimum Gasteiger partial charge on any atom is -0.346 e. The van der Waals surface area contributed by atoms with Gasteiger partial charge in [-0.25, -0.2) is 4.39 Å². The highest BCUT2D eigenvalue weighted by Gasteiger charge is 2.13. The molecule has 0 aliphatic carbocycles. The van der Waals surface area contributed by atoms with Crippen LogP contribution in [0.25, 0.3) is 0 Å². The van der Waals surface area contributed by atoms with Crippen LogP contribution in [-0.2, 0) is 0 Å². The quantitative estimate of drug-likeness (QED) is 0.880. The fraction of sp³-hybridized carbons (Fsp3) is 0.133. The topological polar surface area (TPSA) is 29.1 Å². The summed E-state index contributed by atoms with van der Waals surface area (Å²) in [6, 6.07) is 10.4. The zero-order valence-corrected chi connectivity index (χ0v) is 12.2. The number of carbonyl (C=O) groups is 1. The standard InChI is InChI=1S/C15H12Cl2FNO/c1-9(10-5-6-13(16)14(17)8-10)19-15(20)11-3-2-4-12(18)7-11/h2-9H,1H3,(H,19,20). The Labute approximate surface area is 126 Å². The van der Waals surface area contributed by atoms with E-state index < -0.39 is 5.82 Å². The van der Waals surface area contributed by atoms with Gasteiger partial charge in [0.15, 0.2) is 0 Å². The molecule has 1 atom stereocenters. The molecule has 0 saturated heterocycles. The fourth-order valence-electron chi connectivity index (χ4n) is 1.77. The average molecular weight is 312 g/mol. The molecular formula is C15H12Cl2FNO. The molecule has 2 nitrogen and oxygen atoms in total. The van der Waals surface area contributed by atoms with Gasteiger partial charge in [0.2, 0.25) is 0 Å². The number of amides is 1. The molecule has 1 N–H and O–H groups in total. The van der Waals surface area contributed by atoms with Gasteiger partial charge >= 0.3 is 0 Å². The normalized spacial score (nSPS) is 12.0. The van der Waals surface area contributed by atoms with Crippen molar-refractivity contribution in [2.45, 2.75) is 13.0 Å². The molecule has 0 radical (unpaired) electrons. The summed E-state index contributed by atoms with van der Waals surface area (Å²) in [5, 5.41) is 3.66. The summed E-state index contributed by atoms with van der Waals surface area (Å²) in [6.07, 6.45) is 0. The van der Waals surface area contributed by atoms with E-state index in [9.17, 15) is 9.18 Å². The van der Waals surface area contributed by atoms with Gasteiger partial charge in [0.05, 0.1) is 16.1 Å². The van der Waals surface area contributed by atoms with Crippen LogP contribution >= 0.6 is 23.2 Å². The van der Waals surface area contributed by atoms with Crippen LogP contribution in [0.5, 0.6) is 0 Å². The molecule has 0 aromatic heterocycles. The minimum atomic E-state index is -0.445. The Hall–Kier alpha value is -1.58. The smallest absolute Gasteiger partial charge is 0.251 e. The number of carbonyl (C=O) groups excluding carboxylic acids is 1. The van der Waals surface area contributed by atoms with E-state index in [-0.39, 0.29) is 17.5 Å². The van der Waals surface area contributed by atoms with Gasteiger partial charge in [-0.2, -0.15) is 0 Å². The largest absolute Gasteiger partial charge is 0.346 e. The third-order valence-corrected chi connectivity index (χ3v) is 3.62. The minimum absolute atomic E-state index is 0.263. The van der Waals surface area contributed by atoms with E-state index in [1.165, 1.54) is 18.2 Å². The highest BCUT2D eigenvalue weighted by atomic mass is 35.5. The van der Waals surface area contributed by atoms with Gasteiger partial charge in [0, 0.05) is 5.56 Å². The molecular weight excluding hydrogens is 300 g/mol. The monoisotopic (exact) mass is 311 g/mol. The van der Waals surface area contributed by atoms with Crippen molar-refractivity contribution in [3.05, 3.63) is 69.5 Å². The highest BCUT2D eigenvalue weighted by Crippen LogP contribution is 2.25. The number of hydrogen-bond donors (Lipinski definition) is 1. The van der Waals surface area contributed by atoms with Crippen LogP contribution in [0.15, 0.2) is 42.5 Å². The SMILES string of the molecule is CC(NC(=O)c1cccc(F)c1)c1ccc(Cl)c(Cl)c1. The van der Waals surface area contributed by atoms with Gasteiger partial charge in [-0.15, -0.1) is 0 Å².